The van der Waals surface area contributed by atoms with Gasteiger partial charge in [0.25, 0.3) is 0 Å². The highest BCUT2D eigenvalue weighted by atomic mass is 16.5. The van der Waals surface area contributed by atoms with Crippen molar-refractivity contribution in [1.82, 2.24) is 0 Å². The average molecular weight is 368 g/mol. The topological polar surface area (TPSA) is 47.9 Å². The fourth-order valence-corrected chi connectivity index (χ4v) is 3.25. The van der Waals surface area contributed by atoms with E-state index >= 15 is 0 Å². The standard InChI is InChI=1S/C23H28O4/c1-25-21-10-8-19(9-11-21)17-26-14-13-23-16-20(24)15-22(27-23)12-7-18-5-3-2-4-6-18/h2-12,20,22-24H,13-17H2,1H3/b12-7+/t20-,22+,23-/m1/s1. The van der Waals surface area contributed by atoms with Crippen LogP contribution in [0.15, 0.2) is 60.7 Å². The summed E-state index contributed by atoms with van der Waals surface area (Å²) in [5.41, 5.74) is 2.25. The lowest BCUT2D eigenvalue weighted by Crippen LogP contribution is -2.35. The molecular weight excluding hydrogens is 340 g/mol. The predicted molar refractivity (Wildman–Crippen MR) is 107 cm³/mol. The summed E-state index contributed by atoms with van der Waals surface area (Å²) in [6, 6.07) is 18.0. The minimum absolute atomic E-state index is 0.0232. The molecule has 0 saturated carbocycles. The monoisotopic (exact) mass is 368 g/mol. The van der Waals surface area contributed by atoms with Crippen LogP contribution in [0.25, 0.3) is 6.08 Å². The maximum absolute atomic E-state index is 10.2. The number of rotatable bonds is 8. The molecule has 0 unspecified atom stereocenters. The zero-order chi connectivity index (χ0) is 18.9. The van der Waals surface area contributed by atoms with Gasteiger partial charge in [-0.2, -0.15) is 0 Å². The van der Waals surface area contributed by atoms with Crippen LogP contribution in [0.4, 0.5) is 0 Å². The van der Waals surface area contributed by atoms with Crippen molar-refractivity contribution in [3.05, 3.63) is 71.8 Å². The Kier molecular flexibility index (Phi) is 7.45. The summed E-state index contributed by atoms with van der Waals surface area (Å²) in [6.07, 6.45) is 5.84. The van der Waals surface area contributed by atoms with Gasteiger partial charge in [-0.15, -0.1) is 0 Å². The zero-order valence-corrected chi connectivity index (χ0v) is 15.8. The van der Waals surface area contributed by atoms with Gasteiger partial charge in [0.1, 0.15) is 5.75 Å². The molecule has 144 valence electrons. The van der Waals surface area contributed by atoms with E-state index in [9.17, 15) is 5.11 Å². The summed E-state index contributed by atoms with van der Waals surface area (Å²) in [7, 11) is 1.66. The van der Waals surface area contributed by atoms with Crippen LogP contribution >= 0.6 is 0 Å². The summed E-state index contributed by atoms with van der Waals surface area (Å²) in [4.78, 5) is 0. The maximum atomic E-state index is 10.2. The minimum atomic E-state index is -0.323. The molecule has 1 fully saturated rings. The second-order valence-corrected chi connectivity index (χ2v) is 6.88. The van der Waals surface area contributed by atoms with Crippen LogP contribution in [0, 0.1) is 0 Å². The first-order valence-corrected chi connectivity index (χ1v) is 9.50. The summed E-state index contributed by atoms with van der Waals surface area (Å²) in [5.74, 6) is 0.845. The summed E-state index contributed by atoms with van der Waals surface area (Å²) >= 11 is 0. The molecule has 4 heteroatoms. The molecule has 1 aliphatic heterocycles. The van der Waals surface area contributed by atoms with Crippen LogP contribution < -0.4 is 4.74 Å². The van der Waals surface area contributed by atoms with Gasteiger partial charge in [-0.3, -0.25) is 0 Å². The summed E-state index contributed by atoms with van der Waals surface area (Å²) in [5, 5.41) is 10.2. The first-order chi connectivity index (χ1) is 13.2. The molecule has 1 heterocycles. The van der Waals surface area contributed by atoms with Gasteiger partial charge in [0.15, 0.2) is 0 Å². The van der Waals surface area contributed by atoms with Gasteiger partial charge in [-0.1, -0.05) is 54.6 Å². The lowest BCUT2D eigenvalue weighted by atomic mass is 9.98. The highest BCUT2D eigenvalue weighted by Crippen LogP contribution is 2.23. The second-order valence-electron chi connectivity index (χ2n) is 6.88. The molecule has 0 aromatic heterocycles. The molecule has 3 atom stereocenters. The Morgan fingerprint density at radius 1 is 1.07 bits per heavy atom. The van der Waals surface area contributed by atoms with Crippen molar-refractivity contribution in [2.75, 3.05) is 13.7 Å². The van der Waals surface area contributed by atoms with Gasteiger partial charge in [0.2, 0.25) is 0 Å². The molecule has 0 aliphatic carbocycles. The SMILES string of the molecule is COc1ccc(COCC[C@@H]2C[C@H](O)C[C@H](/C=C/c3ccccc3)O2)cc1. The Bertz CT molecular complexity index is 696. The van der Waals surface area contributed by atoms with Crippen LogP contribution in [0.1, 0.15) is 30.4 Å². The van der Waals surface area contributed by atoms with Gasteiger partial charge in [0, 0.05) is 13.0 Å². The smallest absolute Gasteiger partial charge is 0.118 e. The highest BCUT2D eigenvalue weighted by Gasteiger charge is 2.26. The number of aliphatic hydroxyl groups excluding tert-OH is 1. The molecule has 0 amide bonds. The fraction of sp³-hybridized carbons (Fsp3) is 0.391. The van der Waals surface area contributed by atoms with Crippen molar-refractivity contribution >= 4 is 6.08 Å². The quantitative estimate of drug-likeness (QED) is 0.709. The summed E-state index contributed by atoms with van der Waals surface area (Å²) < 4.78 is 17.0. The van der Waals surface area contributed by atoms with Gasteiger partial charge in [-0.05, 0) is 36.1 Å². The van der Waals surface area contributed by atoms with Gasteiger partial charge < -0.3 is 19.3 Å². The van der Waals surface area contributed by atoms with Crippen LogP contribution in [0.5, 0.6) is 5.75 Å². The predicted octanol–water partition coefficient (Wildman–Crippen LogP) is 4.22. The van der Waals surface area contributed by atoms with E-state index in [0.717, 1.165) is 23.3 Å². The fourth-order valence-electron chi connectivity index (χ4n) is 3.25. The van der Waals surface area contributed by atoms with E-state index in [-0.39, 0.29) is 18.3 Å². The van der Waals surface area contributed by atoms with E-state index in [2.05, 4.69) is 18.2 Å². The molecule has 0 radical (unpaired) electrons. The van der Waals surface area contributed by atoms with Crippen LogP contribution in [-0.4, -0.2) is 37.1 Å². The van der Waals surface area contributed by atoms with Crippen molar-refractivity contribution < 1.29 is 19.3 Å². The average Bonchev–Trinajstić information content (AvgIpc) is 2.70. The van der Waals surface area contributed by atoms with E-state index < -0.39 is 0 Å². The molecular formula is C23H28O4. The number of benzene rings is 2. The van der Waals surface area contributed by atoms with Crippen LogP contribution in [0.3, 0.4) is 0 Å². The Morgan fingerprint density at radius 2 is 1.85 bits per heavy atom. The lowest BCUT2D eigenvalue weighted by molar-refractivity contribution is -0.0860. The molecule has 4 nitrogen and oxygen atoms in total. The molecule has 0 spiro atoms. The van der Waals surface area contributed by atoms with Gasteiger partial charge >= 0.3 is 0 Å². The Hall–Kier alpha value is -2.14. The van der Waals surface area contributed by atoms with Gasteiger partial charge in [0.05, 0.1) is 32.0 Å². The Labute approximate surface area is 161 Å². The minimum Gasteiger partial charge on any atom is -0.497 e. The molecule has 1 aliphatic rings. The normalized spacial score (nSPS) is 22.8. The van der Waals surface area contributed by atoms with Gasteiger partial charge in [-0.25, -0.2) is 0 Å². The molecule has 3 rings (SSSR count). The number of ether oxygens (including phenoxy) is 3. The molecule has 2 aromatic carbocycles. The zero-order valence-electron chi connectivity index (χ0n) is 15.8. The molecule has 0 bridgehead atoms. The van der Waals surface area contributed by atoms with Crippen molar-refractivity contribution in [3.8, 4) is 5.75 Å². The largest absolute Gasteiger partial charge is 0.497 e. The van der Waals surface area contributed by atoms with Crippen molar-refractivity contribution in [2.45, 2.75) is 44.2 Å². The van der Waals surface area contributed by atoms with E-state index in [0.29, 0.717) is 26.1 Å². The number of aliphatic hydroxyl groups is 1. The second kappa shape index (κ2) is 10.3. The van der Waals surface area contributed by atoms with Crippen LogP contribution in [-0.2, 0) is 16.1 Å². The Balaban J connectivity index is 1.42. The number of hydrogen-bond donors (Lipinski definition) is 1. The summed E-state index contributed by atoms with van der Waals surface area (Å²) in [6.45, 7) is 1.18. The van der Waals surface area contributed by atoms with Crippen molar-refractivity contribution in [2.24, 2.45) is 0 Å². The Morgan fingerprint density at radius 3 is 2.59 bits per heavy atom. The van der Waals surface area contributed by atoms with Crippen LogP contribution in [0.2, 0.25) is 0 Å². The molecule has 1 saturated heterocycles. The van der Waals surface area contributed by atoms with E-state index in [4.69, 9.17) is 14.2 Å². The van der Waals surface area contributed by atoms with Crippen molar-refractivity contribution in [3.63, 3.8) is 0 Å². The number of methoxy groups -OCH3 is 1. The highest BCUT2D eigenvalue weighted by molar-refractivity contribution is 5.49. The molecule has 27 heavy (non-hydrogen) atoms. The number of hydrogen-bond acceptors (Lipinski definition) is 4. The third-order valence-electron chi connectivity index (χ3n) is 4.72. The third kappa shape index (κ3) is 6.51. The first kappa shape index (κ1) is 19.6. The van der Waals surface area contributed by atoms with E-state index in [1.54, 1.807) is 7.11 Å². The maximum Gasteiger partial charge on any atom is 0.118 e. The molecule has 1 N–H and O–H groups in total. The molecule has 2 aromatic rings. The van der Waals surface area contributed by atoms with E-state index in [1.165, 1.54) is 0 Å². The lowest BCUT2D eigenvalue weighted by Gasteiger charge is -2.31. The van der Waals surface area contributed by atoms with Crippen molar-refractivity contribution in [1.29, 1.82) is 0 Å². The van der Waals surface area contributed by atoms with E-state index in [1.807, 2.05) is 48.5 Å². The first-order valence-electron chi connectivity index (χ1n) is 9.50. The third-order valence-corrected chi connectivity index (χ3v) is 4.72.